The van der Waals surface area contributed by atoms with E-state index in [1.54, 1.807) is 30.3 Å². The van der Waals surface area contributed by atoms with Crippen LogP contribution in [0.15, 0.2) is 48.5 Å². The van der Waals surface area contributed by atoms with Crippen molar-refractivity contribution >= 4 is 11.6 Å². The van der Waals surface area contributed by atoms with Crippen LogP contribution in [0.3, 0.4) is 0 Å². The number of amides is 1. The highest BCUT2D eigenvalue weighted by Gasteiger charge is 2.06. The molecule has 0 unspecified atom stereocenters. The fourth-order valence-electron chi connectivity index (χ4n) is 1.65. The molecular weight excluding hydrogens is 259 g/mol. The summed E-state index contributed by atoms with van der Waals surface area (Å²) in [5.74, 6) is -0.0490. The van der Waals surface area contributed by atoms with Crippen molar-refractivity contribution in [2.24, 2.45) is 5.73 Å². The third kappa shape index (κ3) is 3.80. The Morgan fingerprint density at radius 1 is 1.20 bits per heavy atom. The predicted octanol–water partition coefficient (Wildman–Crippen LogP) is 2.42. The molecule has 104 valence electrons. The Kier molecular flexibility index (Phi) is 4.68. The molecule has 0 spiro atoms. The smallest absolute Gasteiger partial charge is 0.255 e. The molecule has 20 heavy (non-hydrogen) atoms. The summed E-state index contributed by atoms with van der Waals surface area (Å²) >= 11 is 0. The van der Waals surface area contributed by atoms with Gasteiger partial charge in [-0.05, 0) is 42.5 Å². The van der Waals surface area contributed by atoms with E-state index in [-0.39, 0.29) is 5.91 Å². The first-order valence-electron chi connectivity index (χ1n) is 6.19. The van der Waals surface area contributed by atoms with Gasteiger partial charge in [-0.15, -0.1) is 0 Å². The molecule has 0 radical (unpaired) electrons. The van der Waals surface area contributed by atoms with E-state index in [1.165, 1.54) is 18.2 Å². The number of anilines is 1. The van der Waals surface area contributed by atoms with Gasteiger partial charge in [0.1, 0.15) is 18.2 Å². The number of benzene rings is 2. The fourth-order valence-corrected chi connectivity index (χ4v) is 1.65. The van der Waals surface area contributed by atoms with Gasteiger partial charge >= 0.3 is 0 Å². The van der Waals surface area contributed by atoms with Crippen LogP contribution >= 0.6 is 0 Å². The minimum atomic E-state index is -0.395. The molecule has 0 heterocycles. The van der Waals surface area contributed by atoms with Gasteiger partial charge in [0.25, 0.3) is 5.91 Å². The Morgan fingerprint density at radius 3 is 2.60 bits per heavy atom. The summed E-state index contributed by atoms with van der Waals surface area (Å²) in [5, 5.41) is 2.62. The average Bonchev–Trinajstić information content (AvgIpc) is 2.45. The molecule has 0 atom stereocenters. The highest BCUT2D eigenvalue weighted by molar-refractivity contribution is 6.04. The van der Waals surface area contributed by atoms with Gasteiger partial charge in [-0.1, -0.05) is 6.07 Å². The van der Waals surface area contributed by atoms with Gasteiger partial charge in [-0.25, -0.2) is 4.39 Å². The lowest BCUT2D eigenvalue weighted by Crippen LogP contribution is -2.12. The first kappa shape index (κ1) is 14.0. The minimum Gasteiger partial charge on any atom is -0.492 e. The monoisotopic (exact) mass is 274 g/mol. The van der Waals surface area contributed by atoms with Gasteiger partial charge in [0.15, 0.2) is 0 Å². The molecule has 3 N–H and O–H groups in total. The molecule has 0 aliphatic carbocycles. The zero-order valence-corrected chi connectivity index (χ0v) is 10.8. The van der Waals surface area contributed by atoms with Crippen LogP contribution in [0.25, 0.3) is 0 Å². The van der Waals surface area contributed by atoms with Gasteiger partial charge in [0, 0.05) is 17.8 Å². The van der Waals surface area contributed by atoms with E-state index >= 15 is 0 Å². The quantitative estimate of drug-likeness (QED) is 0.880. The minimum absolute atomic E-state index is 0.305. The van der Waals surface area contributed by atoms with Crippen LogP contribution in [0.4, 0.5) is 10.1 Å². The average molecular weight is 274 g/mol. The van der Waals surface area contributed by atoms with Crippen molar-refractivity contribution in [3.63, 3.8) is 0 Å². The summed E-state index contributed by atoms with van der Waals surface area (Å²) in [5.41, 5.74) is 6.22. The lowest BCUT2D eigenvalue weighted by molar-refractivity contribution is 0.102. The lowest BCUT2D eigenvalue weighted by atomic mass is 10.2. The molecule has 2 aromatic rings. The second kappa shape index (κ2) is 6.68. The predicted molar refractivity (Wildman–Crippen MR) is 75.3 cm³/mol. The van der Waals surface area contributed by atoms with Crippen molar-refractivity contribution in [3.05, 3.63) is 59.9 Å². The van der Waals surface area contributed by atoms with Crippen molar-refractivity contribution in [1.29, 1.82) is 0 Å². The van der Waals surface area contributed by atoms with E-state index in [1.807, 2.05) is 0 Å². The Labute approximate surface area is 116 Å². The fraction of sp³-hybridized carbons (Fsp3) is 0.133. The number of nitrogens with two attached hydrogens (primary N) is 1. The molecule has 0 aromatic heterocycles. The van der Waals surface area contributed by atoms with Gasteiger partial charge < -0.3 is 15.8 Å². The molecule has 0 bridgehead atoms. The number of hydrogen-bond donors (Lipinski definition) is 2. The van der Waals surface area contributed by atoms with Crippen LogP contribution in [0.1, 0.15) is 10.4 Å². The summed E-state index contributed by atoms with van der Waals surface area (Å²) in [4.78, 5) is 12.0. The molecule has 0 saturated heterocycles. The number of hydrogen-bond acceptors (Lipinski definition) is 3. The summed E-state index contributed by atoms with van der Waals surface area (Å²) in [6.45, 7) is 0.858. The summed E-state index contributed by atoms with van der Waals surface area (Å²) in [6.07, 6.45) is 0. The highest BCUT2D eigenvalue weighted by atomic mass is 19.1. The Balaban J connectivity index is 2.02. The standard InChI is InChI=1S/C15H15FN2O2/c16-12-2-1-3-13(10-12)18-15(19)11-4-6-14(7-5-11)20-9-8-17/h1-7,10H,8-9,17H2,(H,18,19). The van der Waals surface area contributed by atoms with E-state index in [2.05, 4.69) is 5.32 Å². The topological polar surface area (TPSA) is 64.3 Å². The SMILES string of the molecule is NCCOc1ccc(C(=O)Nc2cccc(F)c2)cc1. The lowest BCUT2D eigenvalue weighted by Gasteiger charge is -2.07. The van der Waals surface area contributed by atoms with Gasteiger partial charge in [-0.3, -0.25) is 4.79 Å². The van der Waals surface area contributed by atoms with Crippen LogP contribution in [-0.2, 0) is 0 Å². The van der Waals surface area contributed by atoms with E-state index in [4.69, 9.17) is 10.5 Å². The summed E-state index contributed by atoms with van der Waals surface area (Å²) < 4.78 is 18.3. The van der Waals surface area contributed by atoms with Crippen molar-refractivity contribution in [2.45, 2.75) is 0 Å². The first-order valence-corrected chi connectivity index (χ1v) is 6.19. The summed E-state index contributed by atoms with van der Waals surface area (Å²) in [6, 6.07) is 12.4. The molecule has 4 nitrogen and oxygen atoms in total. The number of ether oxygens (including phenoxy) is 1. The summed E-state index contributed by atoms with van der Waals surface area (Å²) in [7, 11) is 0. The van der Waals surface area contributed by atoms with Crippen molar-refractivity contribution < 1.29 is 13.9 Å². The zero-order chi connectivity index (χ0) is 14.4. The maximum absolute atomic E-state index is 13.0. The third-order valence-electron chi connectivity index (χ3n) is 2.59. The third-order valence-corrected chi connectivity index (χ3v) is 2.59. The second-order valence-electron chi connectivity index (χ2n) is 4.13. The number of carbonyl (C=O) groups is 1. The number of halogens is 1. The van der Waals surface area contributed by atoms with Crippen LogP contribution in [0, 0.1) is 5.82 Å². The van der Waals surface area contributed by atoms with Gasteiger partial charge in [0.05, 0.1) is 0 Å². The van der Waals surface area contributed by atoms with Gasteiger partial charge in [0.2, 0.25) is 0 Å². The van der Waals surface area contributed by atoms with E-state index in [0.29, 0.717) is 30.2 Å². The van der Waals surface area contributed by atoms with Crippen molar-refractivity contribution in [2.75, 3.05) is 18.5 Å². The van der Waals surface area contributed by atoms with Crippen LogP contribution < -0.4 is 15.8 Å². The normalized spacial score (nSPS) is 10.1. The van der Waals surface area contributed by atoms with Crippen molar-refractivity contribution in [1.82, 2.24) is 0 Å². The molecule has 0 aliphatic heterocycles. The zero-order valence-electron chi connectivity index (χ0n) is 10.8. The van der Waals surface area contributed by atoms with Crippen molar-refractivity contribution in [3.8, 4) is 5.75 Å². The maximum Gasteiger partial charge on any atom is 0.255 e. The highest BCUT2D eigenvalue weighted by Crippen LogP contribution is 2.14. The number of rotatable bonds is 5. The number of carbonyl (C=O) groups excluding carboxylic acids is 1. The first-order chi connectivity index (χ1) is 9.69. The largest absolute Gasteiger partial charge is 0.492 e. The molecule has 0 fully saturated rings. The van der Waals surface area contributed by atoms with Crippen LogP contribution in [0.2, 0.25) is 0 Å². The van der Waals surface area contributed by atoms with E-state index in [9.17, 15) is 9.18 Å². The Morgan fingerprint density at radius 2 is 1.95 bits per heavy atom. The van der Waals surface area contributed by atoms with Crippen LogP contribution in [0.5, 0.6) is 5.75 Å². The molecule has 1 amide bonds. The molecule has 2 aromatic carbocycles. The Bertz CT molecular complexity index is 585. The second-order valence-corrected chi connectivity index (χ2v) is 4.13. The van der Waals surface area contributed by atoms with Crippen LogP contribution in [-0.4, -0.2) is 19.1 Å². The molecule has 0 saturated carbocycles. The van der Waals surface area contributed by atoms with E-state index in [0.717, 1.165) is 0 Å². The molecule has 2 rings (SSSR count). The number of nitrogens with one attached hydrogen (secondary N) is 1. The van der Waals surface area contributed by atoms with E-state index < -0.39 is 5.82 Å². The Hall–Kier alpha value is -2.40. The molecular formula is C15H15FN2O2. The molecule has 5 heteroatoms. The molecule has 0 aliphatic rings. The van der Waals surface area contributed by atoms with Gasteiger partial charge in [-0.2, -0.15) is 0 Å². The maximum atomic E-state index is 13.0.